The van der Waals surface area contributed by atoms with E-state index >= 15 is 0 Å². The number of nitrogens with two attached hydrogens (primary N) is 1. The third-order valence-electron chi connectivity index (χ3n) is 3.02. The number of benzene rings is 1. The highest BCUT2D eigenvalue weighted by atomic mass is 79.9. The summed E-state index contributed by atoms with van der Waals surface area (Å²) >= 11 is 3.55. The molecule has 0 saturated carbocycles. The lowest BCUT2D eigenvalue weighted by molar-refractivity contribution is 0.138. The van der Waals surface area contributed by atoms with Crippen LogP contribution >= 0.6 is 15.9 Å². The Hall–Kier alpha value is -0.780. The summed E-state index contributed by atoms with van der Waals surface area (Å²) in [4.78, 5) is 0. The van der Waals surface area contributed by atoms with Crippen molar-refractivity contribution in [1.82, 2.24) is 0 Å². The minimum absolute atomic E-state index is 0.101. The monoisotopic (exact) mass is 329 g/mol. The summed E-state index contributed by atoms with van der Waals surface area (Å²) in [7, 11) is 1.65. The second-order valence-electron chi connectivity index (χ2n) is 4.89. The highest BCUT2D eigenvalue weighted by Gasteiger charge is 2.21. The number of hydrogen-bond donors (Lipinski definition) is 1. The van der Waals surface area contributed by atoms with Crippen LogP contribution in [0.4, 0.5) is 0 Å². The van der Waals surface area contributed by atoms with Crippen LogP contribution in [0.5, 0.6) is 11.5 Å². The molecule has 0 aliphatic carbocycles. The molecule has 2 N–H and O–H groups in total. The molecule has 1 aromatic carbocycles. The van der Waals surface area contributed by atoms with Gasteiger partial charge in [0.2, 0.25) is 0 Å². The van der Waals surface area contributed by atoms with E-state index in [4.69, 9.17) is 19.9 Å². The molecular weight excluding hydrogens is 310 g/mol. The van der Waals surface area contributed by atoms with Gasteiger partial charge < -0.3 is 19.9 Å². The highest BCUT2D eigenvalue weighted by Crippen LogP contribution is 2.38. The summed E-state index contributed by atoms with van der Waals surface area (Å²) in [5.74, 6) is 1.48. The van der Waals surface area contributed by atoms with E-state index in [-0.39, 0.29) is 12.1 Å². The van der Waals surface area contributed by atoms with E-state index < -0.39 is 0 Å². The first-order chi connectivity index (χ1) is 9.10. The predicted molar refractivity (Wildman–Crippen MR) is 77.9 cm³/mol. The Balaban J connectivity index is 2.21. The second kappa shape index (κ2) is 6.59. The van der Waals surface area contributed by atoms with E-state index in [2.05, 4.69) is 15.9 Å². The van der Waals surface area contributed by atoms with E-state index in [9.17, 15) is 0 Å². The van der Waals surface area contributed by atoms with Gasteiger partial charge in [-0.1, -0.05) is 0 Å². The number of hydrogen-bond acceptors (Lipinski definition) is 4. The molecule has 0 radical (unpaired) electrons. The lowest BCUT2D eigenvalue weighted by Gasteiger charge is -2.18. The van der Waals surface area contributed by atoms with Crippen LogP contribution in [0.1, 0.15) is 18.9 Å². The van der Waals surface area contributed by atoms with Gasteiger partial charge in [-0.05, 0) is 47.0 Å². The topological polar surface area (TPSA) is 53.7 Å². The van der Waals surface area contributed by atoms with Gasteiger partial charge in [-0.3, -0.25) is 0 Å². The maximum atomic E-state index is 5.96. The summed E-state index contributed by atoms with van der Waals surface area (Å²) in [6.45, 7) is 3.38. The standard InChI is InChI=1S/C14H20BrNO3/c1-9(16)5-10-6-12(15)14(13(7-10)17-2)19-11-3-4-18-8-11/h6-7,9,11H,3-5,8,16H2,1-2H3. The molecule has 19 heavy (non-hydrogen) atoms. The van der Waals surface area contributed by atoms with Crippen molar-refractivity contribution in [2.75, 3.05) is 20.3 Å². The van der Waals surface area contributed by atoms with E-state index in [1.165, 1.54) is 0 Å². The summed E-state index contributed by atoms with van der Waals surface area (Å²) in [5.41, 5.74) is 6.97. The molecule has 1 fully saturated rings. The van der Waals surface area contributed by atoms with Crippen LogP contribution in [-0.2, 0) is 11.2 Å². The van der Waals surface area contributed by atoms with Gasteiger partial charge in [0.15, 0.2) is 11.5 Å². The average Bonchev–Trinajstić information content (AvgIpc) is 2.84. The maximum Gasteiger partial charge on any atom is 0.175 e. The van der Waals surface area contributed by atoms with Crippen LogP contribution in [0, 0.1) is 0 Å². The number of ether oxygens (including phenoxy) is 3. The Labute approximate surface area is 122 Å². The van der Waals surface area contributed by atoms with Gasteiger partial charge in [-0.15, -0.1) is 0 Å². The van der Waals surface area contributed by atoms with Crippen molar-refractivity contribution in [2.24, 2.45) is 5.73 Å². The zero-order chi connectivity index (χ0) is 13.8. The Morgan fingerprint density at radius 2 is 2.32 bits per heavy atom. The minimum atomic E-state index is 0.101. The van der Waals surface area contributed by atoms with Gasteiger partial charge in [0.25, 0.3) is 0 Å². The van der Waals surface area contributed by atoms with Gasteiger partial charge in [0.05, 0.1) is 24.8 Å². The Morgan fingerprint density at radius 1 is 1.53 bits per heavy atom. The summed E-state index contributed by atoms with van der Waals surface area (Å²) < 4.78 is 17.6. The van der Waals surface area contributed by atoms with Crippen LogP contribution < -0.4 is 15.2 Å². The van der Waals surface area contributed by atoms with Crippen molar-refractivity contribution in [3.8, 4) is 11.5 Å². The van der Waals surface area contributed by atoms with E-state index in [0.29, 0.717) is 6.61 Å². The first-order valence-corrected chi connectivity index (χ1v) is 7.26. The SMILES string of the molecule is COc1cc(CC(C)N)cc(Br)c1OC1CCOC1. The Kier molecular flexibility index (Phi) is 5.07. The van der Waals surface area contributed by atoms with Crippen molar-refractivity contribution in [3.63, 3.8) is 0 Å². The molecule has 1 heterocycles. The number of methoxy groups -OCH3 is 1. The fraction of sp³-hybridized carbons (Fsp3) is 0.571. The van der Waals surface area contributed by atoms with Gasteiger partial charge >= 0.3 is 0 Å². The maximum absolute atomic E-state index is 5.96. The third kappa shape index (κ3) is 3.84. The van der Waals surface area contributed by atoms with Crippen LogP contribution in [0.2, 0.25) is 0 Å². The lowest BCUT2D eigenvalue weighted by atomic mass is 10.1. The summed E-state index contributed by atoms with van der Waals surface area (Å²) in [5, 5.41) is 0. The van der Waals surface area contributed by atoms with Crippen LogP contribution in [0.3, 0.4) is 0 Å². The molecule has 1 aromatic rings. The van der Waals surface area contributed by atoms with E-state index in [1.807, 2.05) is 19.1 Å². The zero-order valence-electron chi connectivity index (χ0n) is 11.3. The summed E-state index contributed by atoms with van der Waals surface area (Å²) in [6.07, 6.45) is 1.82. The third-order valence-corrected chi connectivity index (χ3v) is 3.61. The smallest absolute Gasteiger partial charge is 0.175 e. The average molecular weight is 330 g/mol. The quantitative estimate of drug-likeness (QED) is 0.901. The highest BCUT2D eigenvalue weighted by molar-refractivity contribution is 9.10. The number of halogens is 1. The fourth-order valence-electron chi connectivity index (χ4n) is 2.15. The molecule has 2 atom stereocenters. The Bertz CT molecular complexity index is 431. The van der Waals surface area contributed by atoms with Crippen molar-refractivity contribution < 1.29 is 14.2 Å². The molecule has 0 spiro atoms. The second-order valence-corrected chi connectivity index (χ2v) is 5.75. The lowest BCUT2D eigenvalue weighted by Crippen LogP contribution is -2.18. The van der Waals surface area contributed by atoms with E-state index in [0.717, 1.165) is 41.0 Å². The van der Waals surface area contributed by atoms with Gasteiger partial charge in [0, 0.05) is 12.5 Å². The molecule has 0 amide bonds. The van der Waals surface area contributed by atoms with Crippen molar-refractivity contribution in [1.29, 1.82) is 0 Å². The predicted octanol–water partition coefficient (Wildman–Crippen LogP) is 2.52. The van der Waals surface area contributed by atoms with Gasteiger partial charge in [0.1, 0.15) is 6.10 Å². The molecule has 0 aromatic heterocycles. The number of rotatable bonds is 5. The van der Waals surface area contributed by atoms with Crippen LogP contribution in [0.15, 0.2) is 16.6 Å². The summed E-state index contributed by atoms with van der Waals surface area (Å²) in [6, 6.07) is 4.14. The largest absolute Gasteiger partial charge is 0.493 e. The molecule has 0 bridgehead atoms. The molecule has 5 heteroatoms. The molecule has 1 saturated heterocycles. The Morgan fingerprint density at radius 3 is 2.89 bits per heavy atom. The molecule has 4 nitrogen and oxygen atoms in total. The van der Waals surface area contributed by atoms with Gasteiger partial charge in [-0.25, -0.2) is 0 Å². The minimum Gasteiger partial charge on any atom is -0.493 e. The molecule has 106 valence electrons. The first kappa shape index (κ1) is 14.6. The molecule has 2 unspecified atom stereocenters. The molecular formula is C14H20BrNO3. The molecule has 1 aliphatic heterocycles. The molecule has 1 aliphatic rings. The zero-order valence-corrected chi connectivity index (χ0v) is 12.9. The first-order valence-electron chi connectivity index (χ1n) is 6.46. The van der Waals surface area contributed by atoms with E-state index in [1.54, 1.807) is 7.11 Å². The normalized spacial score (nSPS) is 20.3. The van der Waals surface area contributed by atoms with Crippen molar-refractivity contribution in [3.05, 3.63) is 22.2 Å². The van der Waals surface area contributed by atoms with Gasteiger partial charge in [-0.2, -0.15) is 0 Å². The van der Waals surface area contributed by atoms with Crippen molar-refractivity contribution in [2.45, 2.75) is 31.9 Å². The van der Waals surface area contributed by atoms with Crippen LogP contribution in [-0.4, -0.2) is 32.5 Å². The van der Waals surface area contributed by atoms with Crippen LogP contribution in [0.25, 0.3) is 0 Å². The van der Waals surface area contributed by atoms with Crippen molar-refractivity contribution >= 4 is 15.9 Å². The fourth-order valence-corrected chi connectivity index (χ4v) is 2.73. The molecule has 2 rings (SSSR count).